The number of rotatable bonds is 3. The summed E-state index contributed by atoms with van der Waals surface area (Å²) in [6, 6.07) is 15.5. The number of amidine groups is 1. The van der Waals surface area contributed by atoms with E-state index < -0.39 is 0 Å². The van der Waals surface area contributed by atoms with Gasteiger partial charge >= 0.3 is 0 Å². The Labute approximate surface area is 167 Å². The van der Waals surface area contributed by atoms with Gasteiger partial charge in [0.2, 0.25) is 0 Å². The zero-order valence-electron chi connectivity index (χ0n) is 14.5. The van der Waals surface area contributed by atoms with Crippen LogP contribution in [0.25, 0.3) is 6.08 Å². The molecule has 0 atom stereocenters. The number of aliphatic imine (C=N–C) groups is 1. The summed E-state index contributed by atoms with van der Waals surface area (Å²) in [6.45, 7) is 3.33. The summed E-state index contributed by atoms with van der Waals surface area (Å²) in [5.74, 6) is -0.150. The number of morpholine rings is 1. The molecule has 2 aromatic rings. The van der Waals surface area contributed by atoms with Gasteiger partial charge in [-0.2, -0.15) is 0 Å². The second-order valence-electron chi connectivity index (χ2n) is 6.12. The SMILES string of the molecule is O=C1NC(=Nc2ccccc2Cl)S/C1=C/c1ccc(N2CCOCC2)cc1. The number of carbonyl (C=O) groups excluding carboxylic acids is 1. The first-order valence-electron chi connectivity index (χ1n) is 8.66. The van der Waals surface area contributed by atoms with E-state index in [0.29, 0.717) is 20.8 Å². The Hall–Kier alpha value is -2.28. The fraction of sp³-hybridized carbons (Fsp3) is 0.200. The standard InChI is InChI=1S/C20H18ClN3O2S/c21-16-3-1-2-4-17(16)22-20-23-19(25)18(27-20)13-14-5-7-15(8-6-14)24-9-11-26-12-10-24/h1-8,13H,9-12H2,(H,22,23,25)/b18-13+. The average Bonchev–Trinajstić information content (AvgIpc) is 3.04. The third-order valence-corrected chi connectivity index (χ3v) is 5.52. The Balaban J connectivity index is 1.49. The van der Waals surface area contributed by atoms with Gasteiger partial charge in [0, 0.05) is 18.8 Å². The number of amides is 1. The molecule has 0 aliphatic carbocycles. The molecule has 1 amide bonds. The number of halogens is 1. The number of nitrogens with one attached hydrogen (secondary N) is 1. The van der Waals surface area contributed by atoms with Crippen molar-refractivity contribution in [3.63, 3.8) is 0 Å². The molecule has 2 saturated heterocycles. The Bertz CT molecular complexity index is 906. The van der Waals surface area contributed by atoms with E-state index in [0.717, 1.165) is 31.9 Å². The Morgan fingerprint density at radius 3 is 2.59 bits per heavy atom. The molecule has 4 rings (SSSR count). The quantitative estimate of drug-likeness (QED) is 0.790. The van der Waals surface area contributed by atoms with Crippen LogP contribution in [0.5, 0.6) is 0 Å². The van der Waals surface area contributed by atoms with Crippen molar-refractivity contribution in [1.29, 1.82) is 0 Å². The van der Waals surface area contributed by atoms with Crippen LogP contribution in [0.1, 0.15) is 5.56 Å². The molecule has 0 saturated carbocycles. The van der Waals surface area contributed by atoms with Gasteiger partial charge in [0.15, 0.2) is 5.17 Å². The van der Waals surface area contributed by atoms with Gasteiger partial charge in [0.05, 0.1) is 28.8 Å². The lowest BCUT2D eigenvalue weighted by Crippen LogP contribution is -2.36. The number of hydrogen-bond acceptors (Lipinski definition) is 5. The minimum absolute atomic E-state index is 0.150. The van der Waals surface area contributed by atoms with Crippen LogP contribution in [-0.2, 0) is 9.53 Å². The van der Waals surface area contributed by atoms with Gasteiger partial charge in [0.1, 0.15) is 0 Å². The zero-order valence-corrected chi connectivity index (χ0v) is 16.1. The molecule has 0 aromatic heterocycles. The Morgan fingerprint density at radius 2 is 1.85 bits per heavy atom. The van der Waals surface area contributed by atoms with Gasteiger partial charge in [0.25, 0.3) is 5.91 Å². The van der Waals surface area contributed by atoms with Crippen molar-refractivity contribution >= 4 is 51.9 Å². The monoisotopic (exact) mass is 399 g/mol. The summed E-state index contributed by atoms with van der Waals surface area (Å²) < 4.78 is 5.39. The highest BCUT2D eigenvalue weighted by Gasteiger charge is 2.24. The predicted molar refractivity (Wildman–Crippen MR) is 112 cm³/mol. The van der Waals surface area contributed by atoms with Crippen molar-refractivity contribution in [3.8, 4) is 0 Å². The van der Waals surface area contributed by atoms with E-state index in [4.69, 9.17) is 16.3 Å². The lowest BCUT2D eigenvalue weighted by molar-refractivity contribution is -0.115. The molecule has 0 spiro atoms. The van der Waals surface area contributed by atoms with Crippen LogP contribution in [0.2, 0.25) is 5.02 Å². The fourth-order valence-corrected chi connectivity index (χ4v) is 3.90. The van der Waals surface area contributed by atoms with Crippen molar-refractivity contribution in [3.05, 3.63) is 64.0 Å². The van der Waals surface area contributed by atoms with E-state index >= 15 is 0 Å². The number of carbonyl (C=O) groups is 1. The second kappa shape index (κ2) is 8.17. The van der Waals surface area contributed by atoms with Crippen LogP contribution in [0.3, 0.4) is 0 Å². The lowest BCUT2D eigenvalue weighted by atomic mass is 10.1. The minimum Gasteiger partial charge on any atom is -0.378 e. The minimum atomic E-state index is -0.150. The summed E-state index contributed by atoms with van der Waals surface area (Å²) in [5.41, 5.74) is 2.78. The number of thioether (sulfide) groups is 1. The smallest absolute Gasteiger partial charge is 0.264 e. The molecular weight excluding hydrogens is 382 g/mol. The van der Waals surface area contributed by atoms with Crippen molar-refractivity contribution in [2.75, 3.05) is 31.2 Å². The van der Waals surface area contributed by atoms with Crippen LogP contribution in [0.4, 0.5) is 11.4 Å². The molecule has 138 valence electrons. The predicted octanol–water partition coefficient (Wildman–Crippen LogP) is 4.07. The first-order chi connectivity index (χ1) is 13.2. The van der Waals surface area contributed by atoms with Gasteiger partial charge < -0.3 is 15.0 Å². The number of benzene rings is 2. The molecule has 2 aromatic carbocycles. The molecule has 7 heteroatoms. The summed E-state index contributed by atoms with van der Waals surface area (Å²) in [5, 5.41) is 3.87. The first-order valence-corrected chi connectivity index (χ1v) is 9.85. The highest BCUT2D eigenvalue weighted by molar-refractivity contribution is 8.18. The van der Waals surface area contributed by atoms with Crippen LogP contribution in [0, 0.1) is 0 Å². The first kappa shape index (κ1) is 18.1. The number of anilines is 1. The van der Waals surface area contributed by atoms with Crippen LogP contribution < -0.4 is 10.2 Å². The fourth-order valence-electron chi connectivity index (χ4n) is 2.89. The van der Waals surface area contributed by atoms with E-state index in [1.54, 1.807) is 6.07 Å². The number of ether oxygens (including phenoxy) is 1. The third kappa shape index (κ3) is 4.35. The molecule has 2 heterocycles. The summed E-state index contributed by atoms with van der Waals surface area (Å²) >= 11 is 7.44. The van der Waals surface area contributed by atoms with Crippen LogP contribution in [-0.4, -0.2) is 37.4 Å². The molecule has 5 nitrogen and oxygen atoms in total. The topological polar surface area (TPSA) is 53.9 Å². The lowest BCUT2D eigenvalue weighted by Gasteiger charge is -2.28. The molecular formula is C20H18ClN3O2S. The average molecular weight is 400 g/mol. The molecule has 2 aliphatic rings. The molecule has 0 unspecified atom stereocenters. The third-order valence-electron chi connectivity index (χ3n) is 4.29. The number of para-hydroxylation sites is 1. The highest BCUT2D eigenvalue weighted by Crippen LogP contribution is 2.31. The summed E-state index contributed by atoms with van der Waals surface area (Å²) in [7, 11) is 0. The maximum Gasteiger partial charge on any atom is 0.264 e. The van der Waals surface area contributed by atoms with Gasteiger partial charge in [-0.05, 0) is 47.7 Å². The second-order valence-corrected chi connectivity index (χ2v) is 7.56. The molecule has 2 fully saturated rings. The maximum absolute atomic E-state index is 12.2. The number of hydrogen-bond donors (Lipinski definition) is 1. The number of nitrogens with zero attached hydrogens (tertiary/aromatic N) is 2. The van der Waals surface area contributed by atoms with Gasteiger partial charge in [-0.1, -0.05) is 35.9 Å². The Morgan fingerprint density at radius 1 is 1.11 bits per heavy atom. The van der Waals surface area contributed by atoms with Crippen LogP contribution >= 0.6 is 23.4 Å². The molecule has 1 N–H and O–H groups in total. The van der Waals surface area contributed by atoms with Crippen molar-refractivity contribution in [2.45, 2.75) is 0 Å². The van der Waals surface area contributed by atoms with Gasteiger partial charge in [-0.25, -0.2) is 4.99 Å². The van der Waals surface area contributed by atoms with E-state index in [9.17, 15) is 4.79 Å². The van der Waals surface area contributed by atoms with E-state index in [1.807, 2.05) is 36.4 Å². The van der Waals surface area contributed by atoms with E-state index in [1.165, 1.54) is 17.4 Å². The molecule has 0 radical (unpaired) electrons. The normalized spacial score (nSPS) is 20.3. The Kier molecular flexibility index (Phi) is 5.48. The highest BCUT2D eigenvalue weighted by atomic mass is 35.5. The van der Waals surface area contributed by atoms with Crippen molar-refractivity contribution < 1.29 is 9.53 Å². The molecule has 2 aliphatic heterocycles. The largest absolute Gasteiger partial charge is 0.378 e. The van der Waals surface area contributed by atoms with Crippen molar-refractivity contribution in [1.82, 2.24) is 5.32 Å². The summed E-state index contributed by atoms with van der Waals surface area (Å²) in [6.07, 6.45) is 1.87. The van der Waals surface area contributed by atoms with E-state index in [2.05, 4.69) is 27.3 Å². The van der Waals surface area contributed by atoms with Gasteiger partial charge in [-0.15, -0.1) is 0 Å². The van der Waals surface area contributed by atoms with E-state index in [-0.39, 0.29) is 5.91 Å². The van der Waals surface area contributed by atoms with Gasteiger partial charge in [-0.3, -0.25) is 4.79 Å². The van der Waals surface area contributed by atoms with Crippen molar-refractivity contribution in [2.24, 2.45) is 4.99 Å². The maximum atomic E-state index is 12.2. The molecule has 0 bridgehead atoms. The molecule has 27 heavy (non-hydrogen) atoms. The zero-order chi connectivity index (χ0) is 18.6. The van der Waals surface area contributed by atoms with Crippen LogP contribution in [0.15, 0.2) is 58.4 Å². The summed E-state index contributed by atoms with van der Waals surface area (Å²) in [4.78, 5) is 19.6.